The van der Waals surface area contributed by atoms with Gasteiger partial charge in [-0.15, -0.1) is 0 Å². The van der Waals surface area contributed by atoms with Gasteiger partial charge in [0.2, 0.25) is 0 Å². The first-order valence-corrected chi connectivity index (χ1v) is 7.53. The number of rotatable bonds is 8. The molecule has 0 heterocycles. The Kier molecular flexibility index (Phi) is 6.98. The van der Waals surface area contributed by atoms with E-state index in [1.165, 1.54) is 12.2 Å². The van der Waals surface area contributed by atoms with Crippen molar-refractivity contribution in [3.05, 3.63) is 23.8 Å². The summed E-state index contributed by atoms with van der Waals surface area (Å²) in [6, 6.07) is 6.39. The molecule has 1 aromatic rings. The zero-order valence-corrected chi connectivity index (χ0v) is 12.5. The lowest BCUT2D eigenvalue weighted by Gasteiger charge is -2.15. The fraction of sp³-hybridized carbons (Fsp3) is 0.571. The van der Waals surface area contributed by atoms with E-state index in [0.29, 0.717) is 6.04 Å². The number of hydrogen-bond donors (Lipinski definition) is 1. The summed E-state index contributed by atoms with van der Waals surface area (Å²) in [5.74, 6) is 2.95. The van der Waals surface area contributed by atoms with E-state index >= 15 is 0 Å². The molecule has 0 aliphatic carbocycles. The van der Waals surface area contributed by atoms with E-state index in [2.05, 4.69) is 18.5 Å². The van der Waals surface area contributed by atoms with Crippen molar-refractivity contribution in [2.24, 2.45) is 0 Å². The molecule has 4 heteroatoms. The molecule has 1 aromatic carbocycles. The van der Waals surface area contributed by atoms with Crippen LogP contribution >= 0.6 is 11.8 Å². The molecule has 0 saturated carbocycles. The summed E-state index contributed by atoms with van der Waals surface area (Å²) in [4.78, 5) is 0. The molecule has 0 fully saturated rings. The Bertz CT molecular complexity index is 358. The van der Waals surface area contributed by atoms with Gasteiger partial charge in [0.25, 0.3) is 0 Å². The Morgan fingerprint density at radius 3 is 2.67 bits per heavy atom. The van der Waals surface area contributed by atoms with E-state index in [9.17, 15) is 0 Å². The third-order valence-corrected chi connectivity index (χ3v) is 3.53. The van der Waals surface area contributed by atoms with Gasteiger partial charge in [0.1, 0.15) is 11.5 Å². The zero-order chi connectivity index (χ0) is 13.4. The number of ether oxygens (including phenoxy) is 2. The van der Waals surface area contributed by atoms with Gasteiger partial charge in [-0.1, -0.05) is 0 Å². The van der Waals surface area contributed by atoms with Crippen LogP contribution in [0.5, 0.6) is 11.5 Å². The first-order chi connectivity index (χ1) is 8.71. The quantitative estimate of drug-likeness (QED) is 0.786. The molecular weight excluding hydrogens is 246 g/mol. The van der Waals surface area contributed by atoms with Crippen LogP contribution in [0.3, 0.4) is 0 Å². The minimum atomic E-state index is 0.508. The summed E-state index contributed by atoms with van der Waals surface area (Å²) >= 11 is 1.88. The smallest absolute Gasteiger partial charge is 0.123 e. The summed E-state index contributed by atoms with van der Waals surface area (Å²) < 4.78 is 10.6. The van der Waals surface area contributed by atoms with E-state index in [4.69, 9.17) is 9.47 Å². The van der Waals surface area contributed by atoms with Gasteiger partial charge >= 0.3 is 0 Å². The van der Waals surface area contributed by atoms with E-state index < -0.39 is 0 Å². The van der Waals surface area contributed by atoms with Crippen LogP contribution in [0.15, 0.2) is 18.2 Å². The lowest BCUT2D eigenvalue weighted by molar-refractivity contribution is 0.395. The molecule has 0 amide bonds. The van der Waals surface area contributed by atoms with Gasteiger partial charge in [-0.2, -0.15) is 11.8 Å². The lowest BCUT2D eigenvalue weighted by atomic mass is 10.1. The molecule has 0 radical (unpaired) electrons. The van der Waals surface area contributed by atoms with Gasteiger partial charge < -0.3 is 14.8 Å². The standard InChI is InChI=1S/C14H23NO2S/c1-11(7-8-18-4)15-10-12-9-13(16-2)5-6-14(12)17-3/h5-6,9,11,15H,7-8,10H2,1-4H3. The van der Waals surface area contributed by atoms with Gasteiger partial charge in [-0.25, -0.2) is 0 Å². The van der Waals surface area contributed by atoms with Gasteiger partial charge in [0.05, 0.1) is 14.2 Å². The van der Waals surface area contributed by atoms with Crippen LogP contribution in [-0.2, 0) is 6.54 Å². The van der Waals surface area contributed by atoms with Crippen LogP contribution in [-0.4, -0.2) is 32.3 Å². The average Bonchev–Trinajstić information content (AvgIpc) is 2.42. The SMILES string of the molecule is COc1ccc(OC)c(CNC(C)CCSC)c1. The van der Waals surface area contributed by atoms with E-state index in [1.54, 1.807) is 14.2 Å². The Morgan fingerprint density at radius 1 is 1.28 bits per heavy atom. The fourth-order valence-corrected chi connectivity index (χ4v) is 2.29. The number of nitrogens with one attached hydrogen (secondary N) is 1. The molecule has 0 saturated heterocycles. The maximum atomic E-state index is 5.36. The summed E-state index contributed by atoms with van der Waals surface area (Å²) in [6.45, 7) is 3.01. The largest absolute Gasteiger partial charge is 0.497 e. The molecule has 0 aliphatic rings. The van der Waals surface area contributed by atoms with Crippen LogP contribution in [0.4, 0.5) is 0 Å². The van der Waals surface area contributed by atoms with Gasteiger partial charge in [-0.05, 0) is 43.6 Å². The molecule has 1 rings (SSSR count). The predicted octanol–water partition coefficient (Wildman–Crippen LogP) is 2.94. The van der Waals surface area contributed by atoms with Gasteiger partial charge in [0.15, 0.2) is 0 Å². The first kappa shape index (κ1) is 15.2. The molecule has 1 unspecified atom stereocenters. The average molecular weight is 269 g/mol. The second kappa shape index (κ2) is 8.27. The highest BCUT2D eigenvalue weighted by atomic mass is 32.2. The normalized spacial score (nSPS) is 12.2. The summed E-state index contributed by atoms with van der Waals surface area (Å²) in [5.41, 5.74) is 1.13. The monoisotopic (exact) mass is 269 g/mol. The van der Waals surface area contributed by atoms with Crippen LogP contribution in [0.2, 0.25) is 0 Å². The summed E-state index contributed by atoms with van der Waals surface area (Å²) in [6.07, 6.45) is 3.31. The Labute approximate surface area is 114 Å². The van der Waals surface area contributed by atoms with Crippen molar-refractivity contribution < 1.29 is 9.47 Å². The minimum Gasteiger partial charge on any atom is -0.497 e. The van der Waals surface area contributed by atoms with Crippen molar-refractivity contribution in [2.75, 3.05) is 26.2 Å². The minimum absolute atomic E-state index is 0.508. The molecule has 1 N–H and O–H groups in total. The fourth-order valence-electron chi connectivity index (χ4n) is 1.70. The topological polar surface area (TPSA) is 30.5 Å². The molecule has 3 nitrogen and oxygen atoms in total. The molecule has 102 valence electrons. The molecule has 0 bridgehead atoms. The highest BCUT2D eigenvalue weighted by Crippen LogP contribution is 2.23. The van der Waals surface area contributed by atoms with Gasteiger partial charge in [0, 0.05) is 18.2 Å². The second-order valence-corrected chi connectivity index (χ2v) is 5.23. The maximum Gasteiger partial charge on any atom is 0.123 e. The van der Waals surface area contributed by atoms with Crippen LogP contribution in [0, 0.1) is 0 Å². The van der Waals surface area contributed by atoms with E-state index in [-0.39, 0.29) is 0 Å². The van der Waals surface area contributed by atoms with Crippen molar-refractivity contribution >= 4 is 11.8 Å². The molecule has 0 aliphatic heterocycles. The number of methoxy groups -OCH3 is 2. The van der Waals surface area contributed by atoms with Crippen molar-refractivity contribution in [1.29, 1.82) is 0 Å². The van der Waals surface area contributed by atoms with Crippen LogP contribution in [0.1, 0.15) is 18.9 Å². The molecule has 0 aromatic heterocycles. The number of thioether (sulfide) groups is 1. The third kappa shape index (κ3) is 4.78. The molecule has 1 atom stereocenters. The second-order valence-electron chi connectivity index (χ2n) is 4.24. The number of hydrogen-bond acceptors (Lipinski definition) is 4. The third-order valence-electron chi connectivity index (χ3n) is 2.88. The van der Waals surface area contributed by atoms with E-state index in [1.807, 2.05) is 30.0 Å². The van der Waals surface area contributed by atoms with Crippen molar-refractivity contribution in [1.82, 2.24) is 5.32 Å². The van der Waals surface area contributed by atoms with Crippen LogP contribution < -0.4 is 14.8 Å². The number of benzene rings is 1. The van der Waals surface area contributed by atoms with E-state index in [0.717, 1.165) is 23.6 Å². The molecular formula is C14H23NO2S. The van der Waals surface area contributed by atoms with Crippen molar-refractivity contribution in [3.8, 4) is 11.5 Å². The van der Waals surface area contributed by atoms with Gasteiger partial charge in [-0.3, -0.25) is 0 Å². The van der Waals surface area contributed by atoms with Crippen molar-refractivity contribution in [2.45, 2.75) is 25.9 Å². The molecule has 0 spiro atoms. The highest BCUT2D eigenvalue weighted by molar-refractivity contribution is 7.98. The first-order valence-electron chi connectivity index (χ1n) is 6.14. The van der Waals surface area contributed by atoms with Crippen LogP contribution in [0.25, 0.3) is 0 Å². The Hall–Kier alpha value is -0.870. The maximum absolute atomic E-state index is 5.36. The predicted molar refractivity (Wildman–Crippen MR) is 78.8 cm³/mol. The summed E-state index contributed by atoms with van der Waals surface area (Å²) in [7, 11) is 3.38. The molecule has 18 heavy (non-hydrogen) atoms. The lowest BCUT2D eigenvalue weighted by Crippen LogP contribution is -2.26. The zero-order valence-electron chi connectivity index (χ0n) is 11.7. The highest BCUT2D eigenvalue weighted by Gasteiger charge is 2.07. The van der Waals surface area contributed by atoms with Crippen molar-refractivity contribution in [3.63, 3.8) is 0 Å². The summed E-state index contributed by atoms with van der Waals surface area (Å²) in [5, 5.41) is 3.51. The Balaban J connectivity index is 2.59. The Morgan fingerprint density at radius 2 is 2.06 bits per heavy atom.